The van der Waals surface area contributed by atoms with Gasteiger partial charge in [-0.2, -0.15) is 0 Å². The van der Waals surface area contributed by atoms with Crippen molar-refractivity contribution in [1.82, 2.24) is 0 Å². The predicted molar refractivity (Wildman–Crippen MR) is 104 cm³/mol. The Labute approximate surface area is 154 Å². The number of hydrogen-bond donors (Lipinski definition) is 1. The molecular weight excluding hydrogens is 328 g/mol. The fourth-order valence-corrected chi connectivity index (χ4v) is 1.76. The molecule has 0 aliphatic heterocycles. The summed E-state index contributed by atoms with van der Waals surface area (Å²) < 4.78 is 5.00. The molecule has 0 spiro atoms. The van der Waals surface area contributed by atoms with Crippen molar-refractivity contribution in [3.05, 3.63) is 83.9 Å². The van der Waals surface area contributed by atoms with E-state index >= 15 is 0 Å². The summed E-state index contributed by atoms with van der Waals surface area (Å²) in [5.74, 6) is -0.833. The van der Waals surface area contributed by atoms with E-state index in [4.69, 9.17) is 9.84 Å². The van der Waals surface area contributed by atoms with Gasteiger partial charge in [-0.25, -0.2) is 9.59 Å². The van der Waals surface area contributed by atoms with Crippen LogP contribution in [0.3, 0.4) is 0 Å². The molecule has 0 atom stereocenters. The van der Waals surface area contributed by atoms with Crippen LogP contribution in [0.2, 0.25) is 0 Å². The number of carbonyl (C=O) groups is 2. The van der Waals surface area contributed by atoms with Crippen molar-refractivity contribution in [2.75, 3.05) is 6.61 Å². The second kappa shape index (κ2) is 12.3. The lowest BCUT2D eigenvalue weighted by Gasteiger charge is -2.03. The van der Waals surface area contributed by atoms with Crippen LogP contribution in [0.25, 0.3) is 12.2 Å². The van der Waals surface area contributed by atoms with Crippen LogP contribution in [0.1, 0.15) is 25.0 Å². The van der Waals surface area contributed by atoms with Gasteiger partial charge in [0.1, 0.15) is 0 Å². The molecule has 136 valence electrons. The standard InChI is InChI=1S/C13H16O2.C9H8O2/c1-11(2)10-15-13(14)9-8-12-6-4-3-5-7-12;10-9(11)7-6-8-4-2-1-3-5-8/h3-9,11H,10H2,1-2H3;1-7H,(H,10,11)/b;7-6+. The normalized spacial score (nSPS) is 10.6. The van der Waals surface area contributed by atoms with Crippen LogP contribution in [0.5, 0.6) is 0 Å². The number of esters is 1. The second-order valence-electron chi connectivity index (χ2n) is 5.85. The quantitative estimate of drug-likeness (QED) is 0.605. The number of aliphatic carboxylic acids is 1. The number of carbonyl (C=O) groups excluding carboxylic acids is 1. The summed E-state index contributed by atoms with van der Waals surface area (Å²) in [5.41, 5.74) is 1.90. The third-order valence-corrected chi connectivity index (χ3v) is 2.99. The minimum atomic E-state index is -0.922. The molecule has 0 aliphatic carbocycles. The maximum atomic E-state index is 11.2. The summed E-state index contributed by atoms with van der Waals surface area (Å²) in [5, 5.41) is 8.29. The molecule has 2 rings (SSSR count). The lowest BCUT2D eigenvalue weighted by Crippen LogP contribution is -2.06. The van der Waals surface area contributed by atoms with Gasteiger partial charge in [-0.1, -0.05) is 74.5 Å². The SMILES string of the molecule is CC(C)COC(=O)C=Cc1ccccc1.O=C(O)/C=C/c1ccccc1. The van der Waals surface area contributed by atoms with Crippen LogP contribution < -0.4 is 0 Å². The maximum Gasteiger partial charge on any atom is 0.330 e. The number of ether oxygens (including phenoxy) is 1. The van der Waals surface area contributed by atoms with E-state index in [1.165, 1.54) is 6.08 Å². The number of rotatable bonds is 6. The molecule has 2 aromatic rings. The van der Waals surface area contributed by atoms with Crippen LogP contribution in [0, 0.1) is 5.92 Å². The summed E-state index contributed by atoms with van der Waals surface area (Å²) in [4.78, 5) is 21.3. The highest BCUT2D eigenvalue weighted by atomic mass is 16.5. The third kappa shape index (κ3) is 10.6. The first-order chi connectivity index (χ1) is 12.5. The zero-order valence-electron chi connectivity index (χ0n) is 15.0. The fraction of sp³-hybridized carbons (Fsp3) is 0.182. The number of hydrogen-bond acceptors (Lipinski definition) is 3. The molecule has 1 N–H and O–H groups in total. The van der Waals surface area contributed by atoms with Gasteiger partial charge in [-0.15, -0.1) is 0 Å². The van der Waals surface area contributed by atoms with Crippen molar-refractivity contribution in [2.24, 2.45) is 5.92 Å². The van der Waals surface area contributed by atoms with E-state index in [-0.39, 0.29) is 5.97 Å². The molecule has 4 heteroatoms. The molecule has 0 saturated heterocycles. The van der Waals surface area contributed by atoms with Crippen molar-refractivity contribution in [3.63, 3.8) is 0 Å². The Hall–Kier alpha value is -3.14. The molecule has 0 aromatic heterocycles. The number of carboxylic acid groups (broad SMARTS) is 1. The summed E-state index contributed by atoms with van der Waals surface area (Å²) in [6, 6.07) is 19.0. The molecule has 2 aromatic carbocycles. The van der Waals surface area contributed by atoms with Gasteiger partial charge in [0, 0.05) is 12.2 Å². The van der Waals surface area contributed by atoms with E-state index in [2.05, 4.69) is 0 Å². The van der Waals surface area contributed by atoms with Gasteiger partial charge in [0.05, 0.1) is 6.61 Å². The lowest BCUT2D eigenvalue weighted by atomic mass is 10.2. The molecule has 0 saturated carbocycles. The summed E-state index contributed by atoms with van der Waals surface area (Å²) in [7, 11) is 0. The van der Waals surface area contributed by atoms with E-state index in [1.807, 2.05) is 74.5 Å². The van der Waals surface area contributed by atoms with Gasteiger partial charge in [0.2, 0.25) is 0 Å². The molecule has 0 unspecified atom stereocenters. The minimum Gasteiger partial charge on any atom is -0.478 e. The summed E-state index contributed by atoms with van der Waals surface area (Å²) >= 11 is 0. The highest BCUT2D eigenvalue weighted by molar-refractivity contribution is 5.87. The first kappa shape index (κ1) is 20.9. The Morgan fingerprint density at radius 1 is 0.885 bits per heavy atom. The molecule has 26 heavy (non-hydrogen) atoms. The molecule has 4 nitrogen and oxygen atoms in total. The topological polar surface area (TPSA) is 63.6 Å². The predicted octanol–water partition coefficient (Wildman–Crippen LogP) is 4.68. The summed E-state index contributed by atoms with van der Waals surface area (Å²) in [6.45, 7) is 4.49. The van der Waals surface area contributed by atoms with Crippen LogP contribution >= 0.6 is 0 Å². The van der Waals surface area contributed by atoms with Crippen molar-refractivity contribution in [1.29, 1.82) is 0 Å². The Morgan fingerprint density at radius 2 is 1.35 bits per heavy atom. The minimum absolute atomic E-state index is 0.285. The molecule has 0 fully saturated rings. The van der Waals surface area contributed by atoms with Crippen LogP contribution in [0.4, 0.5) is 0 Å². The van der Waals surface area contributed by atoms with Crippen LogP contribution in [-0.2, 0) is 14.3 Å². The lowest BCUT2D eigenvalue weighted by molar-refractivity contribution is -0.138. The molecule has 0 radical (unpaired) electrons. The first-order valence-corrected chi connectivity index (χ1v) is 8.33. The molecule has 0 bridgehead atoms. The average Bonchev–Trinajstić information content (AvgIpc) is 2.65. The van der Waals surface area contributed by atoms with E-state index in [0.717, 1.165) is 17.2 Å². The summed E-state index contributed by atoms with van der Waals surface area (Å²) in [6.07, 6.45) is 5.89. The Balaban J connectivity index is 0.000000273. The van der Waals surface area contributed by atoms with E-state index < -0.39 is 5.97 Å². The number of carboxylic acids is 1. The third-order valence-electron chi connectivity index (χ3n) is 2.99. The van der Waals surface area contributed by atoms with Gasteiger partial charge in [-0.3, -0.25) is 0 Å². The van der Waals surface area contributed by atoms with Gasteiger partial charge in [0.25, 0.3) is 0 Å². The Kier molecular flexibility index (Phi) is 9.85. The zero-order valence-corrected chi connectivity index (χ0v) is 15.0. The van der Waals surface area contributed by atoms with Gasteiger partial charge in [0.15, 0.2) is 0 Å². The Morgan fingerprint density at radius 3 is 1.77 bits per heavy atom. The van der Waals surface area contributed by atoms with Crippen LogP contribution in [0.15, 0.2) is 72.8 Å². The average molecular weight is 352 g/mol. The van der Waals surface area contributed by atoms with Crippen molar-refractivity contribution < 1.29 is 19.4 Å². The smallest absolute Gasteiger partial charge is 0.330 e. The van der Waals surface area contributed by atoms with Crippen molar-refractivity contribution in [2.45, 2.75) is 13.8 Å². The monoisotopic (exact) mass is 352 g/mol. The second-order valence-corrected chi connectivity index (χ2v) is 5.85. The molecule has 0 heterocycles. The van der Waals surface area contributed by atoms with Gasteiger partial charge < -0.3 is 9.84 Å². The molecular formula is C22H24O4. The number of benzene rings is 2. The van der Waals surface area contributed by atoms with Crippen molar-refractivity contribution >= 4 is 24.1 Å². The maximum absolute atomic E-state index is 11.2. The largest absolute Gasteiger partial charge is 0.478 e. The van der Waals surface area contributed by atoms with Gasteiger partial charge in [-0.05, 0) is 29.2 Å². The highest BCUT2D eigenvalue weighted by Gasteiger charge is 1.98. The first-order valence-electron chi connectivity index (χ1n) is 8.33. The Bertz CT molecular complexity index is 716. The van der Waals surface area contributed by atoms with Gasteiger partial charge >= 0.3 is 11.9 Å². The van der Waals surface area contributed by atoms with E-state index in [0.29, 0.717) is 12.5 Å². The van der Waals surface area contributed by atoms with Crippen LogP contribution in [-0.4, -0.2) is 23.7 Å². The van der Waals surface area contributed by atoms with E-state index in [9.17, 15) is 9.59 Å². The van der Waals surface area contributed by atoms with E-state index in [1.54, 1.807) is 12.2 Å². The zero-order chi connectivity index (χ0) is 19.2. The highest BCUT2D eigenvalue weighted by Crippen LogP contribution is 2.02. The fourth-order valence-electron chi connectivity index (χ4n) is 1.76. The molecule has 0 aliphatic rings. The molecule has 0 amide bonds. The van der Waals surface area contributed by atoms with Crippen molar-refractivity contribution in [3.8, 4) is 0 Å².